The van der Waals surface area contributed by atoms with Crippen LogP contribution in [0, 0.1) is 5.92 Å². The third kappa shape index (κ3) is 5.40. The van der Waals surface area contributed by atoms with Gasteiger partial charge >= 0.3 is 5.97 Å². The quantitative estimate of drug-likeness (QED) is 0.166. The molecule has 3 rings (SSSR count). The van der Waals surface area contributed by atoms with E-state index in [0.717, 1.165) is 0 Å². The first kappa shape index (κ1) is 28.0. The zero-order valence-electron chi connectivity index (χ0n) is 18.5. The van der Waals surface area contributed by atoms with Gasteiger partial charge in [0.15, 0.2) is 6.61 Å². The van der Waals surface area contributed by atoms with Gasteiger partial charge in [0.05, 0.1) is 31.2 Å². The number of carbonyl (C=O) groups excluding carboxylic acids is 5. The van der Waals surface area contributed by atoms with Gasteiger partial charge in [-0.2, -0.15) is 0 Å². The van der Waals surface area contributed by atoms with E-state index < -0.39 is 48.2 Å². The number of imide groups is 1. The Morgan fingerprint density at radius 1 is 0.833 bits per heavy atom. The second-order valence-electron chi connectivity index (χ2n) is 7.79. The number of benzene rings is 2. The Bertz CT molecular complexity index is 1240. The molecule has 1 heterocycles. The summed E-state index contributed by atoms with van der Waals surface area (Å²) in [4.78, 5) is 63.8. The summed E-state index contributed by atoms with van der Waals surface area (Å²) in [6, 6.07) is 4.44. The van der Waals surface area contributed by atoms with E-state index in [2.05, 4.69) is 10.9 Å². The Hall–Kier alpha value is -2.56. The van der Waals surface area contributed by atoms with Crippen LogP contribution < -0.4 is 10.9 Å². The van der Waals surface area contributed by atoms with Crippen LogP contribution in [-0.4, -0.2) is 47.1 Å². The zero-order chi connectivity index (χ0) is 26.9. The van der Waals surface area contributed by atoms with Crippen LogP contribution in [0.15, 0.2) is 24.3 Å². The topological polar surface area (TPSA) is 122 Å². The number of nitrogens with one attached hydrogen (secondary N) is 2. The summed E-state index contributed by atoms with van der Waals surface area (Å²) in [5.74, 6) is -5.03. The van der Waals surface area contributed by atoms with Gasteiger partial charge in [0.1, 0.15) is 6.04 Å². The molecule has 1 aliphatic rings. The maximum Gasteiger partial charge on any atom is 0.330 e. The molecule has 0 saturated heterocycles. The van der Waals surface area contributed by atoms with Gasteiger partial charge in [-0.3, -0.25) is 34.9 Å². The van der Waals surface area contributed by atoms with Crippen molar-refractivity contribution in [2.24, 2.45) is 5.92 Å². The molecule has 2 aromatic carbocycles. The average Bonchev–Trinajstić information content (AvgIpc) is 3.09. The highest BCUT2D eigenvalue weighted by Gasteiger charge is 2.48. The van der Waals surface area contributed by atoms with E-state index in [0.29, 0.717) is 9.92 Å². The number of fused-ring (bicyclic) bond motifs is 1. The van der Waals surface area contributed by atoms with Crippen molar-refractivity contribution >= 4 is 87.6 Å². The number of hydrazine groups is 1. The molecule has 2 N–H and O–H groups in total. The van der Waals surface area contributed by atoms with Gasteiger partial charge in [0.25, 0.3) is 23.6 Å². The van der Waals surface area contributed by atoms with Crippen molar-refractivity contribution in [1.29, 1.82) is 0 Å². The number of hydrogen-bond donors (Lipinski definition) is 2. The maximum atomic E-state index is 13.1. The Balaban J connectivity index is 1.69. The molecule has 0 unspecified atom stereocenters. The number of ether oxygens (including phenoxy) is 1. The van der Waals surface area contributed by atoms with Crippen LogP contribution in [0.1, 0.15) is 44.9 Å². The molecule has 190 valence electrons. The monoisotopic (exact) mass is 593 g/mol. The van der Waals surface area contributed by atoms with E-state index in [1.54, 1.807) is 13.8 Å². The minimum atomic E-state index is -1.43. The average molecular weight is 596 g/mol. The van der Waals surface area contributed by atoms with Gasteiger partial charge in [0, 0.05) is 10.6 Å². The van der Waals surface area contributed by atoms with Crippen LogP contribution in [0.3, 0.4) is 0 Å². The molecule has 0 aromatic heterocycles. The van der Waals surface area contributed by atoms with E-state index in [4.69, 9.17) is 62.7 Å². The third-order valence-electron chi connectivity index (χ3n) is 5.05. The number of nitrogens with zero attached hydrogens (tertiary/aromatic N) is 1. The van der Waals surface area contributed by atoms with E-state index in [-0.39, 0.29) is 36.8 Å². The maximum absolute atomic E-state index is 13.1. The third-order valence-corrected chi connectivity index (χ3v) is 7.10. The molecule has 0 bridgehead atoms. The molecule has 9 nitrogen and oxygen atoms in total. The Morgan fingerprint density at radius 3 is 1.81 bits per heavy atom. The highest BCUT2D eigenvalue weighted by molar-refractivity contribution is 6.55. The lowest BCUT2D eigenvalue weighted by Gasteiger charge is -2.27. The van der Waals surface area contributed by atoms with Crippen molar-refractivity contribution in [2.45, 2.75) is 19.9 Å². The van der Waals surface area contributed by atoms with Crippen molar-refractivity contribution in [1.82, 2.24) is 15.8 Å². The van der Waals surface area contributed by atoms with Crippen LogP contribution in [-0.2, 0) is 14.3 Å². The second-order valence-corrected chi connectivity index (χ2v) is 9.74. The summed E-state index contributed by atoms with van der Waals surface area (Å²) in [6.07, 6.45) is 0. The van der Waals surface area contributed by atoms with Crippen LogP contribution in [0.4, 0.5) is 0 Å². The molecule has 14 heteroatoms. The van der Waals surface area contributed by atoms with Gasteiger partial charge < -0.3 is 4.74 Å². The van der Waals surface area contributed by atoms with E-state index >= 15 is 0 Å². The highest BCUT2D eigenvalue weighted by Crippen LogP contribution is 2.45. The number of hydrogen-bond acceptors (Lipinski definition) is 6. The van der Waals surface area contributed by atoms with E-state index in [1.165, 1.54) is 24.3 Å². The zero-order valence-corrected chi connectivity index (χ0v) is 22.2. The molecule has 2 aromatic rings. The summed E-state index contributed by atoms with van der Waals surface area (Å²) in [5.41, 5.74) is 3.88. The SMILES string of the molecule is CC(C)[C@H](C(=O)OCC(=O)NNC(=O)c1ccc(Cl)cc1)N1C(=O)c2c(Cl)c(Cl)c(Cl)c(Cl)c2C1=O. The minimum Gasteiger partial charge on any atom is -0.454 e. The van der Waals surface area contributed by atoms with Gasteiger partial charge in [-0.25, -0.2) is 4.79 Å². The number of esters is 1. The van der Waals surface area contributed by atoms with Crippen molar-refractivity contribution in [3.8, 4) is 0 Å². The minimum absolute atomic E-state index is 0.217. The molecule has 0 fully saturated rings. The first-order chi connectivity index (χ1) is 16.9. The molecular formula is C22H16Cl5N3O6. The summed E-state index contributed by atoms with van der Waals surface area (Å²) < 4.78 is 5.01. The molecule has 0 aliphatic carbocycles. The number of halogens is 5. The van der Waals surface area contributed by atoms with Gasteiger partial charge in [-0.15, -0.1) is 0 Å². The van der Waals surface area contributed by atoms with Crippen LogP contribution >= 0.6 is 58.0 Å². The van der Waals surface area contributed by atoms with E-state index in [9.17, 15) is 24.0 Å². The van der Waals surface area contributed by atoms with Gasteiger partial charge in [0.2, 0.25) is 0 Å². The second kappa shape index (κ2) is 11.2. The predicted molar refractivity (Wildman–Crippen MR) is 134 cm³/mol. The smallest absolute Gasteiger partial charge is 0.330 e. The highest BCUT2D eigenvalue weighted by atomic mass is 35.5. The standard InChI is InChI=1S/C22H16Cl5N3O6/c1-8(2)18(30-20(33)12-13(21(30)34)15(25)17(27)16(26)14(12)24)22(35)36-7-11(31)28-29-19(32)9-3-5-10(23)6-4-9/h3-6,8,18H,7H2,1-2H3,(H,28,31)(H,29,32)/t18-/m1/s1. The van der Waals surface area contributed by atoms with Crippen molar-refractivity contribution in [3.05, 3.63) is 66.1 Å². The normalized spacial score (nSPS) is 13.5. The molecule has 0 saturated carbocycles. The molecule has 0 radical (unpaired) electrons. The summed E-state index contributed by atoms with van der Waals surface area (Å²) in [5, 5.41) is -0.574. The van der Waals surface area contributed by atoms with Crippen LogP contribution in [0.25, 0.3) is 0 Å². The van der Waals surface area contributed by atoms with E-state index in [1.807, 2.05) is 0 Å². The number of rotatable bonds is 6. The van der Waals surface area contributed by atoms with Crippen molar-refractivity contribution in [3.63, 3.8) is 0 Å². The molecule has 1 aliphatic heterocycles. The van der Waals surface area contributed by atoms with Gasteiger partial charge in [-0.05, 0) is 30.2 Å². The summed E-state index contributed by atoms with van der Waals surface area (Å²) in [6.45, 7) is 2.31. The molecule has 1 atom stereocenters. The molecule has 4 amide bonds. The summed E-state index contributed by atoms with van der Waals surface area (Å²) in [7, 11) is 0. The first-order valence-electron chi connectivity index (χ1n) is 10.1. The fourth-order valence-electron chi connectivity index (χ4n) is 3.35. The lowest BCUT2D eigenvalue weighted by Crippen LogP contribution is -2.50. The van der Waals surface area contributed by atoms with Crippen LogP contribution in [0.5, 0.6) is 0 Å². The lowest BCUT2D eigenvalue weighted by atomic mass is 10.0. The Kier molecular flexibility index (Phi) is 8.74. The number of amides is 4. The Morgan fingerprint density at radius 2 is 1.33 bits per heavy atom. The molecule has 0 spiro atoms. The van der Waals surface area contributed by atoms with Crippen molar-refractivity contribution in [2.75, 3.05) is 6.61 Å². The fraction of sp³-hybridized carbons (Fsp3) is 0.227. The largest absolute Gasteiger partial charge is 0.454 e. The number of carbonyl (C=O) groups is 5. The van der Waals surface area contributed by atoms with Crippen LogP contribution in [0.2, 0.25) is 25.1 Å². The predicted octanol–water partition coefficient (Wildman–Crippen LogP) is 4.58. The fourth-order valence-corrected chi connectivity index (χ4v) is 4.49. The summed E-state index contributed by atoms with van der Waals surface area (Å²) >= 11 is 30.1. The molecule has 36 heavy (non-hydrogen) atoms. The first-order valence-corrected chi connectivity index (χ1v) is 12.0. The lowest BCUT2D eigenvalue weighted by molar-refractivity contribution is -0.153. The van der Waals surface area contributed by atoms with Crippen molar-refractivity contribution < 1.29 is 28.7 Å². The molecular weight excluding hydrogens is 580 g/mol. The van der Waals surface area contributed by atoms with Gasteiger partial charge in [-0.1, -0.05) is 71.9 Å². The Labute approximate surface area is 229 Å².